The lowest BCUT2D eigenvalue weighted by Crippen LogP contribution is -2.19. The summed E-state index contributed by atoms with van der Waals surface area (Å²) in [6, 6.07) is 6.77. The van der Waals surface area contributed by atoms with E-state index in [0.717, 1.165) is 11.7 Å². The number of benzene rings is 1. The smallest absolute Gasteiger partial charge is 0.119 e. The molecule has 2 unspecified atom stereocenters. The molecular formula is C15H25NO. The topological polar surface area (TPSA) is 21.3 Å². The largest absolute Gasteiger partial charge is 0.497 e. The highest BCUT2D eigenvalue weighted by Crippen LogP contribution is 2.27. The van der Waals surface area contributed by atoms with Crippen LogP contribution in [0.15, 0.2) is 18.2 Å². The van der Waals surface area contributed by atoms with Gasteiger partial charge in [0.15, 0.2) is 0 Å². The van der Waals surface area contributed by atoms with Crippen molar-refractivity contribution in [1.82, 2.24) is 5.32 Å². The second-order valence-electron chi connectivity index (χ2n) is 4.81. The van der Waals surface area contributed by atoms with Crippen molar-refractivity contribution >= 4 is 0 Å². The van der Waals surface area contributed by atoms with E-state index in [2.05, 4.69) is 38.2 Å². The Labute approximate surface area is 105 Å². The van der Waals surface area contributed by atoms with E-state index in [9.17, 15) is 0 Å². The average molecular weight is 235 g/mol. The third-order valence-electron chi connectivity index (χ3n) is 3.54. The maximum Gasteiger partial charge on any atom is 0.119 e. The van der Waals surface area contributed by atoms with E-state index in [-0.39, 0.29) is 0 Å². The summed E-state index contributed by atoms with van der Waals surface area (Å²) in [6.07, 6.45) is 2.41. The molecule has 0 heterocycles. The van der Waals surface area contributed by atoms with Crippen LogP contribution in [0.5, 0.6) is 5.75 Å². The van der Waals surface area contributed by atoms with E-state index in [4.69, 9.17) is 4.74 Å². The Morgan fingerprint density at radius 2 is 2.06 bits per heavy atom. The summed E-state index contributed by atoms with van der Waals surface area (Å²) in [6.45, 7) is 6.71. The lowest BCUT2D eigenvalue weighted by Gasteiger charge is -2.22. The molecule has 0 spiro atoms. The molecule has 0 saturated heterocycles. The molecule has 1 rings (SSSR count). The van der Waals surface area contributed by atoms with Crippen molar-refractivity contribution in [3.8, 4) is 5.75 Å². The van der Waals surface area contributed by atoms with Crippen LogP contribution >= 0.6 is 0 Å². The SMILES string of the molecule is CCC(C)CC(NC)c1ccc(OC)cc1C. The Hall–Kier alpha value is -1.02. The molecule has 0 aliphatic heterocycles. The van der Waals surface area contributed by atoms with E-state index in [1.54, 1.807) is 7.11 Å². The van der Waals surface area contributed by atoms with Gasteiger partial charge in [-0.1, -0.05) is 26.3 Å². The molecule has 0 saturated carbocycles. The van der Waals surface area contributed by atoms with Crippen molar-refractivity contribution in [1.29, 1.82) is 0 Å². The Balaban J connectivity index is 2.88. The zero-order chi connectivity index (χ0) is 12.8. The summed E-state index contributed by atoms with van der Waals surface area (Å²) in [4.78, 5) is 0. The van der Waals surface area contributed by atoms with E-state index in [1.807, 2.05) is 13.1 Å². The molecule has 0 aliphatic carbocycles. The number of aryl methyl sites for hydroxylation is 1. The molecule has 96 valence electrons. The Morgan fingerprint density at radius 1 is 1.35 bits per heavy atom. The minimum atomic E-state index is 0.441. The number of hydrogen-bond acceptors (Lipinski definition) is 2. The molecular weight excluding hydrogens is 210 g/mol. The maximum absolute atomic E-state index is 5.25. The molecule has 2 atom stereocenters. The minimum Gasteiger partial charge on any atom is -0.497 e. The number of rotatable bonds is 6. The molecule has 1 N–H and O–H groups in total. The van der Waals surface area contributed by atoms with Gasteiger partial charge in [-0.3, -0.25) is 0 Å². The van der Waals surface area contributed by atoms with Gasteiger partial charge in [-0.15, -0.1) is 0 Å². The van der Waals surface area contributed by atoms with Gasteiger partial charge < -0.3 is 10.1 Å². The highest BCUT2D eigenvalue weighted by atomic mass is 16.5. The van der Waals surface area contributed by atoms with Gasteiger partial charge in [0.2, 0.25) is 0 Å². The summed E-state index contributed by atoms with van der Waals surface area (Å²) in [5, 5.41) is 3.42. The van der Waals surface area contributed by atoms with Crippen molar-refractivity contribution in [2.45, 2.75) is 39.7 Å². The predicted molar refractivity (Wildman–Crippen MR) is 73.6 cm³/mol. The van der Waals surface area contributed by atoms with Crippen LogP contribution in [0.4, 0.5) is 0 Å². The monoisotopic (exact) mass is 235 g/mol. The Bertz CT molecular complexity index is 349. The second-order valence-corrected chi connectivity index (χ2v) is 4.81. The highest BCUT2D eigenvalue weighted by molar-refractivity contribution is 5.36. The second kappa shape index (κ2) is 6.65. The number of nitrogens with one attached hydrogen (secondary N) is 1. The van der Waals surface area contributed by atoms with Crippen LogP contribution in [0.2, 0.25) is 0 Å². The van der Waals surface area contributed by atoms with E-state index in [1.165, 1.54) is 24.0 Å². The van der Waals surface area contributed by atoms with Crippen molar-refractivity contribution in [3.63, 3.8) is 0 Å². The third-order valence-corrected chi connectivity index (χ3v) is 3.54. The van der Waals surface area contributed by atoms with E-state index < -0.39 is 0 Å². The van der Waals surface area contributed by atoms with Crippen LogP contribution in [0.1, 0.15) is 43.9 Å². The van der Waals surface area contributed by atoms with Gasteiger partial charge in [-0.2, -0.15) is 0 Å². The fourth-order valence-corrected chi connectivity index (χ4v) is 2.14. The molecule has 1 aromatic rings. The average Bonchev–Trinajstić information content (AvgIpc) is 2.35. The van der Waals surface area contributed by atoms with Crippen molar-refractivity contribution in [3.05, 3.63) is 29.3 Å². The van der Waals surface area contributed by atoms with Gasteiger partial charge >= 0.3 is 0 Å². The molecule has 0 aliphatic rings. The first-order valence-corrected chi connectivity index (χ1v) is 6.44. The van der Waals surface area contributed by atoms with Gasteiger partial charge in [0.25, 0.3) is 0 Å². The highest BCUT2D eigenvalue weighted by Gasteiger charge is 2.14. The van der Waals surface area contributed by atoms with E-state index in [0.29, 0.717) is 6.04 Å². The van der Waals surface area contributed by atoms with Gasteiger partial charge in [0.05, 0.1) is 7.11 Å². The van der Waals surface area contributed by atoms with Gasteiger partial charge in [-0.05, 0) is 49.6 Å². The molecule has 17 heavy (non-hydrogen) atoms. The van der Waals surface area contributed by atoms with Crippen molar-refractivity contribution in [2.24, 2.45) is 5.92 Å². The first-order chi connectivity index (χ1) is 8.12. The normalized spacial score (nSPS) is 14.4. The maximum atomic E-state index is 5.25. The Kier molecular flexibility index (Phi) is 5.49. The fourth-order valence-electron chi connectivity index (χ4n) is 2.14. The molecule has 0 radical (unpaired) electrons. The lowest BCUT2D eigenvalue weighted by molar-refractivity contribution is 0.409. The molecule has 1 aromatic carbocycles. The molecule has 0 aromatic heterocycles. The number of hydrogen-bond donors (Lipinski definition) is 1. The predicted octanol–water partition coefficient (Wildman–Crippen LogP) is 3.70. The summed E-state index contributed by atoms with van der Waals surface area (Å²) < 4.78 is 5.25. The van der Waals surface area contributed by atoms with Crippen LogP contribution in [-0.4, -0.2) is 14.2 Å². The molecule has 0 bridgehead atoms. The summed E-state index contributed by atoms with van der Waals surface area (Å²) in [7, 11) is 3.75. The number of ether oxygens (including phenoxy) is 1. The minimum absolute atomic E-state index is 0.441. The van der Waals surface area contributed by atoms with E-state index >= 15 is 0 Å². The van der Waals surface area contributed by atoms with Crippen molar-refractivity contribution in [2.75, 3.05) is 14.2 Å². The first kappa shape index (κ1) is 14.0. The van der Waals surface area contributed by atoms with Crippen molar-refractivity contribution < 1.29 is 4.74 Å². The lowest BCUT2D eigenvalue weighted by atomic mass is 9.92. The zero-order valence-electron chi connectivity index (χ0n) is 11.7. The summed E-state index contributed by atoms with van der Waals surface area (Å²) in [5.41, 5.74) is 2.68. The number of methoxy groups -OCH3 is 1. The van der Waals surface area contributed by atoms with Crippen LogP contribution in [0.3, 0.4) is 0 Å². The standard InChI is InChI=1S/C15H25NO/c1-6-11(2)9-15(16-4)14-8-7-13(17-5)10-12(14)3/h7-8,10-11,15-16H,6,9H2,1-5H3. The molecule has 0 amide bonds. The molecule has 2 heteroatoms. The van der Waals surface area contributed by atoms with Crippen LogP contribution < -0.4 is 10.1 Å². The first-order valence-electron chi connectivity index (χ1n) is 6.44. The van der Waals surface area contributed by atoms with Crippen LogP contribution in [0.25, 0.3) is 0 Å². The summed E-state index contributed by atoms with van der Waals surface area (Å²) >= 11 is 0. The molecule has 0 fully saturated rings. The van der Waals surface area contributed by atoms with Crippen LogP contribution in [0, 0.1) is 12.8 Å². The van der Waals surface area contributed by atoms with Crippen LogP contribution in [-0.2, 0) is 0 Å². The van der Waals surface area contributed by atoms with Gasteiger partial charge in [0, 0.05) is 6.04 Å². The molecule has 2 nitrogen and oxygen atoms in total. The fraction of sp³-hybridized carbons (Fsp3) is 0.600. The Morgan fingerprint density at radius 3 is 2.53 bits per heavy atom. The van der Waals surface area contributed by atoms with Gasteiger partial charge in [-0.25, -0.2) is 0 Å². The quantitative estimate of drug-likeness (QED) is 0.811. The van der Waals surface area contributed by atoms with Gasteiger partial charge in [0.1, 0.15) is 5.75 Å². The third kappa shape index (κ3) is 3.74. The summed E-state index contributed by atoms with van der Waals surface area (Å²) in [5.74, 6) is 1.68. The zero-order valence-corrected chi connectivity index (χ0v) is 11.7.